The minimum atomic E-state index is -0.668. The minimum absolute atomic E-state index is 0.0747. The van der Waals surface area contributed by atoms with Crippen molar-refractivity contribution in [3.63, 3.8) is 0 Å². The number of methoxy groups -OCH3 is 2. The normalized spacial score (nSPS) is 16.3. The van der Waals surface area contributed by atoms with Crippen LogP contribution >= 0.6 is 0 Å². The van der Waals surface area contributed by atoms with Crippen molar-refractivity contribution in [3.8, 4) is 17.3 Å². The Morgan fingerprint density at radius 3 is 2.68 bits per heavy atom. The lowest BCUT2D eigenvalue weighted by Crippen LogP contribution is -2.30. The highest BCUT2D eigenvalue weighted by atomic mass is 19.1. The molecule has 1 aliphatic rings. The van der Waals surface area contributed by atoms with Crippen molar-refractivity contribution >= 4 is 21.9 Å². The van der Waals surface area contributed by atoms with Crippen molar-refractivity contribution in [1.29, 1.82) is 0 Å². The van der Waals surface area contributed by atoms with Gasteiger partial charge in [-0.15, -0.1) is 0 Å². The molecular weight excluding hydrogens is 405 g/mol. The van der Waals surface area contributed by atoms with Crippen LogP contribution in [0.2, 0.25) is 0 Å². The van der Waals surface area contributed by atoms with Crippen LogP contribution in [0.3, 0.4) is 0 Å². The lowest BCUT2D eigenvalue weighted by Gasteiger charge is -2.15. The molecule has 0 spiro atoms. The summed E-state index contributed by atoms with van der Waals surface area (Å²) in [7, 11) is 4.64. The first kappa shape index (κ1) is 19.4. The fourth-order valence-electron chi connectivity index (χ4n) is 3.91. The van der Waals surface area contributed by atoms with E-state index in [1.165, 1.54) is 28.5 Å². The van der Waals surface area contributed by atoms with E-state index in [1.807, 2.05) is 12.1 Å². The molecule has 1 aromatic carbocycles. The van der Waals surface area contributed by atoms with Gasteiger partial charge in [0.1, 0.15) is 11.5 Å². The molecule has 31 heavy (non-hydrogen) atoms. The topological polar surface area (TPSA) is 107 Å². The highest BCUT2D eigenvalue weighted by Crippen LogP contribution is 2.34. The first-order valence-corrected chi connectivity index (χ1v) is 9.55. The van der Waals surface area contributed by atoms with Crippen LogP contribution in [-0.2, 0) is 7.05 Å². The predicted molar refractivity (Wildman–Crippen MR) is 112 cm³/mol. The van der Waals surface area contributed by atoms with E-state index in [9.17, 15) is 9.18 Å². The summed E-state index contributed by atoms with van der Waals surface area (Å²) in [6.45, 7) is 0.627. The van der Waals surface area contributed by atoms with Crippen LogP contribution in [0, 0.1) is 5.82 Å². The Morgan fingerprint density at radius 1 is 1.16 bits per heavy atom. The van der Waals surface area contributed by atoms with Crippen LogP contribution in [-0.4, -0.2) is 39.9 Å². The molecular formula is C20H20FN7O3. The molecule has 1 saturated heterocycles. The van der Waals surface area contributed by atoms with Gasteiger partial charge >= 0.3 is 5.69 Å². The third kappa shape index (κ3) is 2.93. The van der Waals surface area contributed by atoms with Gasteiger partial charge in [0.15, 0.2) is 11.6 Å². The van der Waals surface area contributed by atoms with Crippen LogP contribution in [0.4, 0.5) is 4.39 Å². The summed E-state index contributed by atoms with van der Waals surface area (Å²) in [5.74, 6) is 0.142. The molecule has 3 N–H and O–H groups in total. The van der Waals surface area contributed by atoms with Crippen LogP contribution in [0.1, 0.15) is 11.6 Å². The molecule has 160 valence electrons. The van der Waals surface area contributed by atoms with Crippen molar-refractivity contribution in [2.45, 2.75) is 6.04 Å². The largest absolute Gasteiger partial charge is 0.496 e. The van der Waals surface area contributed by atoms with Gasteiger partial charge in [0, 0.05) is 36.7 Å². The summed E-state index contributed by atoms with van der Waals surface area (Å²) in [5.41, 5.74) is 11.1. The maximum atomic E-state index is 14.9. The second-order valence-corrected chi connectivity index (χ2v) is 7.16. The van der Waals surface area contributed by atoms with Crippen LogP contribution < -0.4 is 31.5 Å². The SMILES string of the molecule is COc1cnc(-n2c(=O)n(C)c3cnc4cc(OC)c(C5CNNN5)cc4c32)c(F)c1. The Bertz CT molecular complexity index is 1380. The highest BCUT2D eigenvalue weighted by Gasteiger charge is 2.24. The number of fused-ring (bicyclic) bond motifs is 3. The van der Waals surface area contributed by atoms with E-state index in [0.717, 1.165) is 5.56 Å². The number of hydrazine groups is 2. The Kier molecular flexibility index (Phi) is 4.58. The second kappa shape index (κ2) is 7.30. The maximum absolute atomic E-state index is 14.9. The fraction of sp³-hybridized carbons (Fsp3) is 0.250. The molecule has 11 heteroatoms. The van der Waals surface area contributed by atoms with E-state index in [-0.39, 0.29) is 17.6 Å². The average molecular weight is 425 g/mol. The molecule has 1 aliphatic heterocycles. The number of ether oxygens (including phenoxy) is 2. The number of aryl methyl sites for hydroxylation is 1. The molecule has 5 rings (SSSR count). The van der Waals surface area contributed by atoms with Crippen molar-refractivity contribution in [2.24, 2.45) is 7.05 Å². The van der Waals surface area contributed by atoms with E-state index >= 15 is 0 Å². The van der Waals surface area contributed by atoms with E-state index in [2.05, 4.69) is 26.4 Å². The molecule has 0 aliphatic carbocycles. The number of pyridine rings is 2. The zero-order valence-corrected chi connectivity index (χ0v) is 17.1. The average Bonchev–Trinajstić information content (AvgIpc) is 3.40. The zero-order valence-electron chi connectivity index (χ0n) is 17.1. The number of nitrogens with one attached hydrogen (secondary N) is 3. The smallest absolute Gasteiger partial charge is 0.334 e. The van der Waals surface area contributed by atoms with Crippen molar-refractivity contribution in [2.75, 3.05) is 20.8 Å². The molecule has 0 amide bonds. The van der Waals surface area contributed by atoms with Crippen LogP contribution in [0.5, 0.6) is 11.5 Å². The zero-order chi connectivity index (χ0) is 21.7. The number of aromatic nitrogens is 4. The number of hydrogen-bond donors (Lipinski definition) is 3. The van der Waals surface area contributed by atoms with Gasteiger partial charge in [0.05, 0.1) is 49.2 Å². The monoisotopic (exact) mass is 425 g/mol. The summed E-state index contributed by atoms with van der Waals surface area (Å²) in [6.07, 6.45) is 2.97. The van der Waals surface area contributed by atoms with Gasteiger partial charge < -0.3 is 9.47 Å². The molecule has 0 bridgehead atoms. The molecule has 4 heterocycles. The van der Waals surface area contributed by atoms with Gasteiger partial charge in [-0.05, 0) is 6.07 Å². The number of imidazole rings is 1. The number of nitrogens with zero attached hydrogens (tertiary/aromatic N) is 4. The van der Waals surface area contributed by atoms with E-state index in [0.29, 0.717) is 34.2 Å². The third-order valence-electron chi connectivity index (χ3n) is 5.50. The van der Waals surface area contributed by atoms with E-state index < -0.39 is 11.5 Å². The van der Waals surface area contributed by atoms with Crippen molar-refractivity contribution < 1.29 is 13.9 Å². The minimum Gasteiger partial charge on any atom is -0.496 e. The Labute approximate surface area is 175 Å². The molecule has 1 atom stereocenters. The lowest BCUT2D eigenvalue weighted by molar-refractivity contribution is 0.403. The fourth-order valence-corrected chi connectivity index (χ4v) is 3.91. The number of halogens is 1. The summed E-state index contributed by atoms with van der Waals surface area (Å²) >= 11 is 0. The highest BCUT2D eigenvalue weighted by molar-refractivity contribution is 6.04. The molecule has 1 fully saturated rings. The van der Waals surface area contributed by atoms with Crippen LogP contribution in [0.25, 0.3) is 27.8 Å². The first-order chi connectivity index (χ1) is 15.0. The van der Waals surface area contributed by atoms with E-state index in [1.54, 1.807) is 20.4 Å². The summed E-state index contributed by atoms with van der Waals surface area (Å²) in [6, 6.07) is 4.84. The third-order valence-corrected chi connectivity index (χ3v) is 5.50. The number of rotatable bonds is 4. The predicted octanol–water partition coefficient (Wildman–Crippen LogP) is 1.08. The molecule has 4 aromatic rings. The Hall–Kier alpha value is -3.54. The number of benzene rings is 1. The maximum Gasteiger partial charge on any atom is 0.334 e. The summed E-state index contributed by atoms with van der Waals surface area (Å²) in [5, 5.41) is 0.678. The standard InChI is InChI=1S/C20H20FN7O3/c1-27-16-9-22-14-6-17(31-3)11(15-8-24-26-25-15)5-12(14)18(16)28(20(27)29)19-13(21)4-10(30-2)7-23-19/h4-7,9,15,24-26H,8H2,1-3H3. The number of hydrogen-bond acceptors (Lipinski definition) is 8. The quantitative estimate of drug-likeness (QED) is 0.446. The molecule has 0 radical (unpaired) electrons. The van der Waals surface area contributed by atoms with Gasteiger partial charge in [-0.3, -0.25) is 9.55 Å². The molecule has 3 aromatic heterocycles. The van der Waals surface area contributed by atoms with Gasteiger partial charge in [-0.25, -0.2) is 29.6 Å². The lowest BCUT2D eigenvalue weighted by atomic mass is 10.0. The first-order valence-electron chi connectivity index (χ1n) is 9.55. The Morgan fingerprint density at radius 2 is 2.00 bits per heavy atom. The molecule has 10 nitrogen and oxygen atoms in total. The van der Waals surface area contributed by atoms with Gasteiger partial charge in [0.2, 0.25) is 0 Å². The molecule has 0 saturated carbocycles. The van der Waals surface area contributed by atoms with Gasteiger partial charge in [-0.2, -0.15) is 5.53 Å². The molecule has 1 unspecified atom stereocenters. The van der Waals surface area contributed by atoms with E-state index in [4.69, 9.17) is 9.47 Å². The van der Waals surface area contributed by atoms with Gasteiger partial charge in [-0.1, -0.05) is 0 Å². The van der Waals surface area contributed by atoms with Crippen LogP contribution in [0.15, 0.2) is 35.4 Å². The second-order valence-electron chi connectivity index (χ2n) is 7.16. The van der Waals surface area contributed by atoms with Gasteiger partial charge in [0.25, 0.3) is 0 Å². The van der Waals surface area contributed by atoms with Crippen molar-refractivity contribution in [1.82, 2.24) is 35.5 Å². The van der Waals surface area contributed by atoms with Crippen molar-refractivity contribution in [3.05, 3.63) is 52.5 Å². The summed E-state index contributed by atoms with van der Waals surface area (Å²) in [4.78, 5) is 21.8. The summed E-state index contributed by atoms with van der Waals surface area (Å²) < 4.78 is 28.2. The Balaban J connectivity index is 1.87.